The molecule has 0 atom stereocenters. The van der Waals surface area contributed by atoms with Gasteiger partial charge < -0.3 is 5.32 Å². The summed E-state index contributed by atoms with van der Waals surface area (Å²) in [7, 11) is -3.69. The topological polar surface area (TPSA) is 66.5 Å². The molecule has 2 aromatic rings. The largest absolute Gasteiger partial charge is 0.323 e. The van der Waals surface area contributed by atoms with E-state index in [2.05, 4.69) is 5.32 Å². The Morgan fingerprint density at radius 3 is 2.38 bits per heavy atom. The Bertz CT molecular complexity index is 872. The van der Waals surface area contributed by atoms with Gasteiger partial charge in [-0.2, -0.15) is 0 Å². The molecular formula is C15H13Cl3N2O3S. The molecule has 5 nitrogen and oxygen atoms in total. The lowest BCUT2D eigenvalue weighted by atomic mass is 10.3. The molecule has 24 heavy (non-hydrogen) atoms. The van der Waals surface area contributed by atoms with Crippen LogP contribution in [0.1, 0.15) is 0 Å². The molecule has 0 aliphatic rings. The van der Waals surface area contributed by atoms with Crippen molar-refractivity contribution in [2.75, 3.05) is 22.4 Å². The van der Waals surface area contributed by atoms with E-state index >= 15 is 0 Å². The number of benzene rings is 2. The van der Waals surface area contributed by atoms with Crippen molar-refractivity contribution in [3.8, 4) is 0 Å². The van der Waals surface area contributed by atoms with E-state index < -0.39 is 22.5 Å². The number of hydrogen-bond donors (Lipinski definition) is 1. The van der Waals surface area contributed by atoms with Crippen LogP contribution in [0.3, 0.4) is 0 Å². The van der Waals surface area contributed by atoms with Crippen LogP contribution < -0.4 is 9.62 Å². The van der Waals surface area contributed by atoms with Gasteiger partial charge in [0.15, 0.2) is 0 Å². The summed E-state index contributed by atoms with van der Waals surface area (Å²) in [5.74, 6) is -0.565. The van der Waals surface area contributed by atoms with Gasteiger partial charge in [-0.25, -0.2) is 8.42 Å². The first-order chi connectivity index (χ1) is 11.2. The first kappa shape index (κ1) is 18.9. The van der Waals surface area contributed by atoms with Crippen LogP contribution in [0.5, 0.6) is 0 Å². The minimum atomic E-state index is -3.69. The third-order valence-corrected chi connectivity index (χ3v) is 4.93. The number of amides is 1. The van der Waals surface area contributed by atoms with E-state index in [9.17, 15) is 13.2 Å². The Hall–Kier alpha value is -1.47. The Morgan fingerprint density at radius 2 is 1.75 bits per heavy atom. The summed E-state index contributed by atoms with van der Waals surface area (Å²) >= 11 is 17.7. The van der Waals surface area contributed by atoms with Crippen LogP contribution in [0.25, 0.3) is 0 Å². The van der Waals surface area contributed by atoms with Gasteiger partial charge >= 0.3 is 0 Å². The monoisotopic (exact) mass is 406 g/mol. The number of hydrogen-bond acceptors (Lipinski definition) is 3. The molecule has 0 aromatic heterocycles. The van der Waals surface area contributed by atoms with Crippen LogP contribution >= 0.6 is 34.8 Å². The van der Waals surface area contributed by atoms with Crippen LogP contribution in [0, 0.1) is 0 Å². The van der Waals surface area contributed by atoms with Crippen molar-refractivity contribution in [1.82, 2.24) is 0 Å². The number of anilines is 2. The Balaban J connectivity index is 2.24. The number of carbonyl (C=O) groups excluding carboxylic acids is 1. The fourth-order valence-corrected chi connectivity index (χ4v) is 3.31. The van der Waals surface area contributed by atoms with E-state index in [1.165, 1.54) is 18.2 Å². The molecule has 0 bridgehead atoms. The molecule has 0 aliphatic carbocycles. The Morgan fingerprint density at radius 1 is 1.08 bits per heavy atom. The van der Waals surface area contributed by atoms with E-state index in [4.69, 9.17) is 34.8 Å². The minimum absolute atomic E-state index is 0.289. The number of halogens is 3. The molecule has 0 saturated heterocycles. The number of nitrogens with one attached hydrogen (secondary N) is 1. The van der Waals surface area contributed by atoms with Gasteiger partial charge in [-0.05, 0) is 36.4 Å². The summed E-state index contributed by atoms with van der Waals surface area (Å²) in [6.45, 7) is -0.429. The molecule has 1 N–H and O–H groups in total. The summed E-state index contributed by atoms with van der Waals surface area (Å²) in [6.07, 6.45) is 1.01. The van der Waals surface area contributed by atoms with Crippen molar-refractivity contribution in [2.24, 2.45) is 0 Å². The molecule has 2 aromatic carbocycles. The first-order valence-electron chi connectivity index (χ1n) is 6.65. The second-order valence-electron chi connectivity index (χ2n) is 4.92. The first-order valence-corrected chi connectivity index (χ1v) is 9.63. The van der Waals surface area contributed by atoms with Crippen molar-refractivity contribution < 1.29 is 13.2 Å². The standard InChI is InChI=1S/C15H13Cl3N2O3S/c1-24(22,23)20(12-4-2-3-10(16)7-12)9-15(21)19-14-8-11(17)5-6-13(14)18/h2-8H,9H2,1H3,(H,19,21). The lowest BCUT2D eigenvalue weighted by molar-refractivity contribution is -0.114. The molecule has 0 heterocycles. The number of rotatable bonds is 5. The lowest BCUT2D eigenvalue weighted by Crippen LogP contribution is -2.37. The van der Waals surface area contributed by atoms with Crippen molar-refractivity contribution >= 4 is 62.1 Å². The third kappa shape index (κ3) is 5.01. The maximum Gasteiger partial charge on any atom is 0.245 e. The van der Waals surface area contributed by atoms with E-state index in [-0.39, 0.29) is 5.69 Å². The van der Waals surface area contributed by atoms with Gasteiger partial charge in [0.1, 0.15) is 6.54 Å². The van der Waals surface area contributed by atoms with Crippen molar-refractivity contribution in [3.63, 3.8) is 0 Å². The van der Waals surface area contributed by atoms with E-state index in [0.717, 1.165) is 10.6 Å². The number of carbonyl (C=O) groups is 1. The molecule has 0 saturated carbocycles. The fraction of sp³-hybridized carbons (Fsp3) is 0.133. The number of nitrogens with zero attached hydrogens (tertiary/aromatic N) is 1. The zero-order valence-corrected chi connectivity index (χ0v) is 15.5. The van der Waals surface area contributed by atoms with Crippen LogP contribution in [-0.2, 0) is 14.8 Å². The van der Waals surface area contributed by atoms with Crippen molar-refractivity contribution in [2.45, 2.75) is 0 Å². The van der Waals surface area contributed by atoms with Gasteiger partial charge in [0, 0.05) is 10.0 Å². The molecule has 9 heteroatoms. The van der Waals surface area contributed by atoms with Crippen LogP contribution in [0.2, 0.25) is 15.1 Å². The second kappa shape index (κ2) is 7.61. The number of sulfonamides is 1. The summed E-state index contributed by atoms with van der Waals surface area (Å²) < 4.78 is 25.0. The van der Waals surface area contributed by atoms with Gasteiger partial charge in [-0.1, -0.05) is 40.9 Å². The molecule has 0 unspecified atom stereocenters. The highest BCUT2D eigenvalue weighted by atomic mass is 35.5. The summed E-state index contributed by atoms with van der Waals surface area (Å²) in [4.78, 5) is 12.2. The highest BCUT2D eigenvalue weighted by Crippen LogP contribution is 2.26. The Kier molecular flexibility index (Phi) is 5.98. The molecule has 0 spiro atoms. The zero-order chi connectivity index (χ0) is 17.9. The van der Waals surface area contributed by atoms with E-state index in [0.29, 0.717) is 20.8 Å². The molecule has 0 fully saturated rings. The maximum absolute atomic E-state index is 12.2. The second-order valence-corrected chi connectivity index (χ2v) is 8.11. The predicted molar refractivity (Wildman–Crippen MR) is 98.7 cm³/mol. The summed E-state index contributed by atoms with van der Waals surface area (Å²) in [5, 5.41) is 3.59. The molecule has 1 amide bonds. The molecule has 2 rings (SSSR count). The Labute approximate surface area is 155 Å². The molecular weight excluding hydrogens is 395 g/mol. The van der Waals surface area contributed by atoms with Crippen molar-refractivity contribution in [1.29, 1.82) is 0 Å². The zero-order valence-electron chi connectivity index (χ0n) is 12.5. The average Bonchev–Trinajstić information content (AvgIpc) is 2.47. The van der Waals surface area contributed by atoms with Crippen LogP contribution in [0.4, 0.5) is 11.4 Å². The van der Waals surface area contributed by atoms with E-state index in [1.807, 2.05) is 0 Å². The van der Waals surface area contributed by atoms with Gasteiger partial charge in [0.25, 0.3) is 0 Å². The smallest absolute Gasteiger partial charge is 0.245 e. The normalized spacial score (nSPS) is 11.2. The van der Waals surface area contributed by atoms with Gasteiger partial charge in [0.2, 0.25) is 15.9 Å². The third-order valence-electron chi connectivity index (χ3n) is 2.99. The van der Waals surface area contributed by atoms with Crippen LogP contribution in [-0.4, -0.2) is 27.1 Å². The molecule has 128 valence electrons. The fourth-order valence-electron chi connectivity index (χ4n) is 1.94. The average molecular weight is 408 g/mol. The van der Waals surface area contributed by atoms with Crippen LogP contribution in [0.15, 0.2) is 42.5 Å². The summed E-state index contributed by atoms with van der Waals surface area (Å²) in [5.41, 5.74) is 0.589. The quantitative estimate of drug-likeness (QED) is 0.813. The predicted octanol–water partition coefficient (Wildman–Crippen LogP) is 4.05. The van der Waals surface area contributed by atoms with Gasteiger partial charge in [-0.3, -0.25) is 9.10 Å². The lowest BCUT2D eigenvalue weighted by Gasteiger charge is -2.22. The van der Waals surface area contributed by atoms with Gasteiger partial charge in [0.05, 0.1) is 22.7 Å². The molecule has 0 aliphatic heterocycles. The highest BCUT2D eigenvalue weighted by Gasteiger charge is 2.21. The summed E-state index contributed by atoms with van der Waals surface area (Å²) in [6, 6.07) is 10.8. The van der Waals surface area contributed by atoms with E-state index in [1.54, 1.807) is 24.3 Å². The molecule has 0 radical (unpaired) electrons. The van der Waals surface area contributed by atoms with Crippen molar-refractivity contribution in [3.05, 3.63) is 57.5 Å². The minimum Gasteiger partial charge on any atom is -0.323 e. The highest BCUT2D eigenvalue weighted by molar-refractivity contribution is 7.92. The SMILES string of the molecule is CS(=O)(=O)N(CC(=O)Nc1cc(Cl)ccc1Cl)c1cccc(Cl)c1. The maximum atomic E-state index is 12.2. The van der Waals surface area contributed by atoms with Gasteiger partial charge in [-0.15, -0.1) is 0 Å².